The summed E-state index contributed by atoms with van der Waals surface area (Å²) in [6, 6.07) is 15.0. The number of nitrogens with one attached hydrogen (secondary N) is 2. The molecule has 29 heavy (non-hydrogen) atoms. The maximum Gasteiger partial charge on any atom is 0.262 e. The number of morpholine rings is 1. The SMILES string of the molecule is O=C1Nc2ccccc2SC1=Cc1ccc(C(=O)NCCN2CCOCC2)cc1. The van der Waals surface area contributed by atoms with Crippen molar-refractivity contribution < 1.29 is 14.3 Å². The summed E-state index contributed by atoms with van der Waals surface area (Å²) >= 11 is 1.45. The Bertz CT molecular complexity index is 921. The summed E-state index contributed by atoms with van der Waals surface area (Å²) in [4.78, 5) is 28.6. The van der Waals surface area contributed by atoms with E-state index in [0.717, 1.165) is 49.0 Å². The highest BCUT2D eigenvalue weighted by molar-refractivity contribution is 8.04. The largest absolute Gasteiger partial charge is 0.379 e. The first-order chi connectivity index (χ1) is 14.2. The number of carbonyl (C=O) groups excluding carboxylic acids is 2. The van der Waals surface area contributed by atoms with Crippen LogP contribution in [0, 0.1) is 0 Å². The Morgan fingerprint density at radius 2 is 1.90 bits per heavy atom. The molecule has 0 spiro atoms. The van der Waals surface area contributed by atoms with E-state index in [2.05, 4.69) is 15.5 Å². The van der Waals surface area contributed by atoms with Crippen LogP contribution in [0.15, 0.2) is 58.3 Å². The first-order valence-corrected chi connectivity index (χ1v) is 10.5. The number of ether oxygens (including phenoxy) is 1. The van der Waals surface area contributed by atoms with Crippen LogP contribution in [0.5, 0.6) is 0 Å². The molecule has 6 nitrogen and oxygen atoms in total. The highest BCUT2D eigenvalue weighted by Crippen LogP contribution is 2.38. The van der Waals surface area contributed by atoms with Crippen LogP contribution < -0.4 is 10.6 Å². The fourth-order valence-electron chi connectivity index (χ4n) is 3.24. The van der Waals surface area contributed by atoms with Crippen molar-refractivity contribution in [1.29, 1.82) is 0 Å². The number of anilines is 1. The monoisotopic (exact) mass is 409 g/mol. The zero-order chi connectivity index (χ0) is 20.1. The predicted molar refractivity (Wildman–Crippen MR) is 115 cm³/mol. The Balaban J connectivity index is 1.34. The number of thioether (sulfide) groups is 1. The van der Waals surface area contributed by atoms with Crippen molar-refractivity contribution in [3.05, 3.63) is 64.6 Å². The lowest BCUT2D eigenvalue weighted by Gasteiger charge is -2.26. The van der Waals surface area contributed by atoms with Crippen LogP contribution in [0.25, 0.3) is 6.08 Å². The number of carbonyl (C=O) groups is 2. The second kappa shape index (κ2) is 9.26. The molecule has 2 aromatic rings. The minimum absolute atomic E-state index is 0.0869. The Morgan fingerprint density at radius 1 is 1.14 bits per heavy atom. The zero-order valence-corrected chi connectivity index (χ0v) is 16.8. The van der Waals surface area contributed by atoms with Gasteiger partial charge in [-0.1, -0.05) is 36.0 Å². The molecular weight excluding hydrogens is 386 g/mol. The van der Waals surface area contributed by atoms with Gasteiger partial charge in [-0.15, -0.1) is 0 Å². The van der Waals surface area contributed by atoms with Gasteiger partial charge in [-0.3, -0.25) is 14.5 Å². The fourth-order valence-corrected chi connectivity index (χ4v) is 4.19. The van der Waals surface area contributed by atoms with Crippen LogP contribution in [0.1, 0.15) is 15.9 Å². The van der Waals surface area contributed by atoms with Gasteiger partial charge in [0, 0.05) is 36.6 Å². The van der Waals surface area contributed by atoms with Gasteiger partial charge < -0.3 is 15.4 Å². The van der Waals surface area contributed by atoms with Crippen molar-refractivity contribution in [2.45, 2.75) is 4.90 Å². The number of fused-ring (bicyclic) bond motifs is 1. The van der Waals surface area contributed by atoms with Crippen molar-refractivity contribution >= 4 is 35.3 Å². The van der Waals surface area contributed by atoms with E-state index in [-0.39, 0.29) is 11.8 Å². The molecule has 150 valence electrons. The smallest absolute Gasteiger partial charge is 0.262 e. The fraction of sp³-hybridized carbons (Fsp3) is 0.273. The lowest BCUT2D eigenvalue weighted by Crippen LogP contribution is -2.41. The van der Waals surface area contributed by atoms with Crippen molar-refractivity contribution in [1.82, 2.24) is 10.2 Å². The summed E-state index contributed by atoms with van der Waals surface area (Å²) in [5, 5.41) is 5.87. The zero-order valence-electron chi connectivity index (χ0n) is 16.0. The second-order valence-corrected chi connectivity index (χ2v) is 7.98. The van der Waals surface area contributed by atoms with Gasteiger partial charge >= 0.3 is 0 Å². The number of hydrogen-bond donors (Lipinski definition) is 2. The van der Waals surface area contributed by atoms with Crippen molar-refractivity contribution in [3.63, 3.8) is 0 Å². The normalized spacial score (nSPS) is 18.2. The third-order valence-corrected chi connectivity index (χ3v) is 5.97. The number of rotatable bonds is 5. The summed E-state index contributed by atoms with van der Waals surface area (Å²) in [5.41, 5.74) is 2.33. The van der Waals surface area contributed by atoms with Crippen molar-refractivity contribution in [3.8, 4) is 0 Å². The highest BCUT2D eigenvalue weighted by atomic mass is 32.2. The third-order valence-electron chi connectivity index (χ3n) is 4.87. The van der Waals surface area contributed by atoms with Crippen molar-refractivity contribution in [2.24, 2.45) is 0 Å². The second-order valence-electron chi connectivity index (χ2n) is 6.89. The average molecular weight is 410 g/mol. The van der Waals surface area contributed by atoms with Crippen molar-refractivity contribution in [2.75, 3.05) is 44.7 Å². The molecule has 4 rings (SSSR count). The van der Waals surface area contributed by atoms with Crippen LogP contribution >= 0.6 is 11.8 Å². The van der Waals surface area contributed by atoms with E-state index in [1.807, 2.05) is 42.5 Å². The predicted octanol–water partition coefficient (Wildman–Crippen LogP) is 2.83. The van der Waals surface area contributed by atoms with Gasteiger partial charge in [0.15, 0.2) is 0 Å². The summed E-state index contributed by atoms with van der Waals surface area (Å²) in [7, 11) is 0. The molecule has 0 unspecified atom stereocenters. The van der Waals surface area contributed by atoms with Gasteiger partial charge in [-0.2, -0.15) is 0 Å². The number of nitrogens with zero attached hydrogens (tertiary/aromatic N) is 1. The van der Waals surface area contributed by atoms with E-state index in [1.165, 1.54) is 11.8 Å². The van der Waals surface area contributed by atoms with Gasteiger partial charge in [-0.05, 0) is 35.9 Å². The number of para-hydroxylation sites is 1. The van der Waals surface area contributed by atoms with Crippen LogP contribution in [-0.2, 0) is 9.53 Å². The minimum Gasteiger partial charge on any atom is -0.379 e. The number of benzene rings is 2. The molecular formula is C22H23N3O3S. The van der Waals surface area contributed by atoms with E-state index >= 15 is 0 Å². The maximum absolute atomic E-state index is 12.3. The summed E-state index contributed by atoms with van der Waals surface area (Å²) < 4.78 is 5.33. The topological polar surface area (TPSA) is 70.7 Å². The Hall–Kier alpha value is -2.61. The molecule has 2 heterocycles. The highest BCUT2D eigenvalue weighted by Gasteiger charge is 2.20. The molecule has 2 aromatic carbocycles. The molecule has 7 heteroatoms. The molecule has 0 bridgehead atoms. The van der Waals surface area contributed by atoms with Gasteiger partial charge in [0.1, 0.15) is 0 Å². The van der Waals surface area contributed by atoms with Gasteiger partial charge in [-0.25, -0.2) is 0 Å². The Labute approximate surface area is 174 Å². The molecule has 0 atom stereocenters. The molecule has 0 radical (unpaired) electrons. The van der Waals surface area contributed by atoms with E-state index in [1.54, 1.807) is 12.1 Å². The summed E-state index contributed by atoms with van der Waals surface area (Å²) in [6.45, 7) is 4.78. The third kappa shape index (κ3) is 5.06. The van der Waals surface area contributed by atoms with E-state index in [0.29, 0.717) is 17.0 Å². The van der Waals surface area contributed by atoms with Gasteiger partial charge in [0.25, 0.3) is 11.8 Å². The summed E-state index contributed by atoms with van der Waals surface area (Å²) in [5.74, 6) is -0.199. The Morgan fingerprint density at radius 3 is 2.69 bits per heavy atom. The molecule has 1 fully saturated rings. The first-order valence-electron chi connectivity index (χ1n) is 9.67. The maximum atomic E-state index is 12.3. The molecule has 2 aliphatic rings. The molecule has 0 aromatic heterocycles. The first kappa shape index (κ1) is 19.7. The molecule has 2 aliphatic heterocycles. The van der Waals surface area contributed by atoms with E-state index in [4.69, 9.17) is 4.74 Å². The quantitative estimate of drug-likeness (QED) is 0.743. The summed E-state index contributed by atoms with van der Waals surface area (Å²) in [6.07, 6.45) is 1.84. The lowest BCUT2D eigenvalue weighted by atomic mass is 10.1. The standard InChI is InChI=1S/C22H23N3O3S/c26-21(23-9-10-25-11-13-28-14-12-25)17-7-5-16(6-8-17)15-20-22(27)24-18-3-1-2-4-19(18)29-20/h1-8,15H,9-14H2,(H,23,26)(H,24,27). The number of hydrogen-bond acceptors (Lipinski definition) is 5. The Kier molecular flexibility index (Phi) is 6.29. The minimum atomic E-state index is -0.112. The van der Waals surface area contributed by atoms with Crippen LogP contribution in [0.2, 0.25) is 0 Å². The average Bonchev–Trinajstić information content (AvgIpc) is 2.75. The molecule has 2 N–H and O–H groups in total. The lowest BCUT2D eigenvalue weighted by molar-refractivity contribution is -0.112. The van der Waals surface area contributed by atoms with Crippen LogP contribution in [-0.4, -0.2) is 56.1 Å². The molecule has 1 saturated heterocycles. The molecule has 0 aliphatic carbocycles. The van der Waals surface area contributed by atoms with E-state index < -0.39 is 0 Å². The van der Waals surface area contributed by atoms with Crippen LogP contribution in [0.3, 0.4) is 0 Å². The molecule has 0 saturated carbocycles. The number of amides is 2. The molecule has 2 amide bonds. The van der Waals surface area contributed by atoms with Gasteiger partial charge in [0.05, 0.1) is 23.8 Å². The van der Waals surface area contributed by atoms with Gasteiger partial charge in [0.2, 0.25) is 0 Å². The van der Waals surface area contributed by atoms with E-state index in [9.17, 15) is 9.59 Å². The van der Waals surface area contributed by atoms with Crippen LogP contribution in [0.4, 0.5) is 5.69 Å².